The van der Waals surface area contributed by atoms with Crippen LogP contribution in [0.25, 0.3) is 0 Å². The summed E-state index contributed by atoms with van der Waals surface area (Å²) in [6.07, 6.45) is 2.50. The maximum atomic E-state index is 12.3. The van der Waals surface area contributed by atoms with Crippen LogP contribution in [0.15, 0.2) is 82.4 Å². The zero-order valence-corrected chi connectivity index (χ0v) is 20.8. The quantitative estimate of drug-likeness (QED) is 0.312. The summed E-state index contributed by atoms with van der Waals surface area (Å²) < 4.78 is 31.7. The Morgan fingerprint density at radius 3 is 2.52 bits per heavy atom. The number of nitrogens with zero attached hydrogens (tertiary/aromatic N) is 2. The van der Waals surface area contributed by atoms with Crippen molar-refractivity contribution >= 4 is 55.4 Å². The van der Waals surface area contributed by atoms with Crippen LogP contribution >= 0.6 is 27.5 Å². The van der Waals surface area contributed by atoms with Gasteiger partial charge in [0.2, 0.25) is 10.0 Å². The highest BCUT2D eigenvalue weighted by Gasteiger charge is 2.20. The Morgan fingerprint density at radius 2 is 1.85 bits per heavy atom. The number of carbonyl (C=O) groups excluding carboxylic acids is 1. The van der Waals surface area contributed by atoms with Gasteiger partial charge in [0.15, 0.2) is 0 Å². The molecule has 0 spiro atoms. The van der Waals surface area contributed by atoms with Crippen molar-refractivity contribution < 1.29 is 17.9 Å². The molecule has 0 aromatic heterocycles. The van der Waals surface area contributed by atoms with Gasteiger partial charge in [-0.1, -0.05) is 45.7 Å². The van der Waals surface area contributed by atoms with Gasteiger partial charge in [-0.3, -0.25) is 9.10 Å². The van der Waals surface area contributed by atoms with Gasteiger partial charge in [-0.2, -0.15) is 5.10 Å². The predicted molar refractivity (Wildman–Crippen MR) is 134 cm³/mol. The van der Waals surface area contributed by atoms with E-state index >= 15 is 0 Å². The number of hydrogen-bond donors (Lipinski definition) is 1. The van der Waals surface area contributed by atoms with Crippen LogP contribution in [0, 0.1) is 0 Å². The molecule has 3 aromatic carbocycles. The van der Waals surface area contributed by atoms with Gasteiger partial charge in [-0.15, -0.1) is 0 Å². The van der Waals surface area contributed by atoms with Crippen molar-refractivity contribution in [1.29, 1.82) is 0 Å². The molecule has 172 valence electrons. The van der Waals surface area contributed by atoms with Crippen LogP contribution in [0.2, 0.25) is 5.02 Å². The molecular formula is C23H21BrClN3O4S. The lowest BCUT2D eigenvalue weighted by Gasteiger charge is -2.21. The van der Waals surface area contributed by atoms with Crippen LogP contribution in [0.3, 0.4) is 0 Å². The van der Waals surface area contributed by atoms with E-state index in [-0.39, 0.29) is 0 Å². The molecular weight excluding hydrogens is 530 g/mol. The standard InChI is InChI=1S/C23H21BrClN3O4S/c1-33(30,31)28(21-7-3-5-19(24)13-21)15-23(29)27-26-14-17-8-10-22(11-9-17)32-16-18-4-2-6-20(25)12-18/h2-14H,15-16H2,1H3,(H,27,29)/b26-14-. The Morgan fingerprint density at radius 1 is 1.12 bits per heavy atom. The first-order valence-electron chi connectivity index (χ1n) is 9.73. The van der Waals surface area contributed by atoms with Gasteiger partial charge >= 0.3 is 0 Å². The van der Waals surface area contributed by atoms with Crippen molar-refractivity contribution in [2.75, 3.05) is 17.1 Å². The Hall–Kier alpha value is -2.88. The van der Waals surface area contributed by atoms with E-state index in [1.165, 1.54) is 6.21 Å². The molecule has 7 nitrogen and oxygen atoms in total. The van der Waals surface area contributed by atoms with Crippen molar-refractivity contribution in [3.8, 4) is 5.75 Å². The number of carbonyl (C=O) groups is 1. The molecule has 0 fully saturated rings. The zero-order valence-electron chi connectivity index (χ0n) is 17.6. The molecule has 0 unspecified atom stereocenters. The summed E-state index contributed by atoms with van der Waals surface area (Å²) in [6.45, 7) is -0.0121. The van der Waals surface area contributed by atoms with Crippen molar-refractivity contribution in [3.05, 3.63) is 93.4 Å². The van der Waals surface area contributed by atoms with E-state index in [0.717, 1.165) is 21.7 Å². The summed E-state index contributed by atoms with van der Waals surface area (Å²) in [5.74, 6) is 0.104. The minimum Gasteiger partial charge on any atom is -0.489 e. The van der Waals surface area contributed by atoms with Crippen LogP contribution in [0.4, 0.5) is 5.69 Å². The lowest BCUT2D eigenvalue weighted by atomic mass is 10.2. The number of hydrogen-bond acceptors (Lipinski definition) is 5. The summed E-state index contributed by atoms with van der Waals surface area (Å²) in [7, 11) is -3.66. The largest absolute Gasteiger partial charge is 0.489 e. The third-order valence-corrected chi connectivity index (χ3v) is 6.23. The second kappa shape index (κ2) is 11.3. The summed E-state index contributed by atoms with van der Waals surface area (Å²) in [4.78, 5) is 12.3. The molecule has 0 bridgehead atoms. The molecule has 10 heteroatoms. The van der Waals surface area contributed by atoms with Crippen molar-refractivity contribution in [2.45, 2.75) is 6.61 Å². The average molecular weight is 551 g/mol. The molecule has 0 saturated heterocycles. The highest BCUT2D eigenvalue weighted by atomic mass is 79.9. The number of hydrazone groups is 1. The number of anilines is 1. The fourth-order valence-corrected chi connectivity index (χ4v) is 4.27. The summed E-state index contributed by atoms with van der Waals surface area (Å²) in [5.41, 5.74) is 4.42. The van der Waals surface area contributed by atoms with E-state index in [9.17, 15) is 13.2 Å². The monoisotopic (exact) mass is 549 g/mol. The van der Waals surface area contributed by atoms with Crippen molar-refractivity contribution in [2.24, 2.45) is 5.10 Å². The summed E-state index contributed by atoms with van der Waals surface area (Å²) >= 11 is 9.27. The smallest absolute Gasteiger partial charge is 0.260 e. The van der Waals surface area contributed by atoms with Crippen LogP contribution in [0.5, 0.6) is 5.75 Å². The summed E-state index contributed by atoms with van der Waals surface area (Å²) in [5, 5.41) is 4.56. The Kier molecular flexibility index (Phi) is 8.49. The molecule has 0 aliphatic heterocycles. The van der Waals surface area contributed by atoms with Crippen molar-refractivity contribution in [3.63, 3.8) is 0 Å². The van der Waals surface area contributed by atoms with Gasteiger partial charge in [0.25, 0.3) is 5.91 Å². The van der Waals surface area contributed by atoms with Gasteiger partial charge in [-0.05, 0) is 65.7 Å². The first-order valence-corrected chi connectivity index (χ1v) is 12.7. The van der Waals surface area contributed by atoms with Gasteiger partial charge in [0.1, 0.15) is 18.9 Å². The fraction of sp³-hybridized carbons (Fsp3) is 0.130. The number of ether oxygens (including phenoxy) is 1. The number of amides is 1. The molecule has 0 radical (unpaired) electrons. The van der Waals surface area contributed by atoms with E-state index in [0.29, 0.717) is 27.5 Å². The molecule has 33 heavy (non-hydrogen) atoms. The van der Waals surface area contributed by atoms with Gasteiger partial charge in [0.05, 0.1) is 18.2 Å². The Balaban J connectivity index is 1.54. The maximum absolute atomic E-state index is 12.3. The van der Waals surface area contributed by atoms with E-state index in [1.54, 1.807) is 54.6 Å². The highest BCUT2D eigenvalue weighted by Crippen LogP contribution is 2.22. The second-order valence-corrected chi connectivity index (χ2v) is 10.3. The van der Waals surface area contributed by atoms with E-state index in [4.69, 9.17) is 16.3 Å². The Bertz CT molecular complexity index is 1250. The maximum Gasteiger partial charge on any atom is 0.260 e. The number of rotatable bonds is 9. The molecule has 3 rings (SSSR count). The predicted octanol–water partition coefficient (Wildman–Crippen LogP) is 4.60. The minimum absolute atomic E-state index is 0.374. The van der Waals surface area contributed by atoms with Crippen LogP contribution < -0.4 is 14.5 Å². The first kappa shape index (κ1) is 24.8. The van der Waals surface area contributed by atoms with Gasteiger partial charge in [0, 0.05) is 9.50 Å². The van der Waals surface area contributed by atoms with E-state index in [1.807, 2.05) is 18.2 Å². The number of benzene rings is 3. The van der Waals surface area contributed by atoms with Crippen molar-refractivity contribution in [1.82, 2.24) is 5.43 Å². The SMILES string of the molecule is CS(=O)(=O)N(CC(=O)N/N=C\c1ccc(OCc2cccc(Cl)c2)cc1)c1cccc(Br)c1. The van der Waals surface area contributed by atoms with Crippen LogP contribution in [0.1, 0.15) is 11.1 Å². The first-order chi connectivity index (χ1) is 15.7. The fourth-order valence-electron chi connectivity index (χ4n) is 2.82. The lowest BCUT2D eigenvalue weighted by molar-refractivity contribution is -0.119. The molecule has 0 aliphatic carbocycles. The molecule has 0 atom stereocenters. The molecule has 3 aromatic rings. The lowest BCUT2D eigenvalue weighted by Crippen LogP contribution is -2.39. The second-order valence-electron chi connectivity index (χ2n) is 7.03. The molecule has 0 heterocycles. The molecule has 1 amide bonds. The van der Waals surface area contributed by atoms with E-state index in [2.05, 4.69) is 26.5 Å². The topological polar surface area (TPSA) is 88.1 Å². The van der Waals surface area contributed by atoms with E-state index < -0.39 is 22.5 Å². The number of halogens is 2. The van der Waals surface area contributed by atoms with Crippen LogP contribution in [-0.2, 0) is 21.4 Å². The average Bonchev–Trinajstić information content (AvgIpc) is 2.76. The molecule has 1 N–H and O–H groups in total. The summed E-state index contributed by atoms with van der Waals surface area (Å²) in [6, 6.07) is 21.3. The van der Waals surface area contributed by atoms with Gasteiger partial charge < -0.3 is 4.74 Å². The number of sulfonamides is 1. The highest BCUT2D eigenvalue weighted by molar-refractivity contribution is 9.10. The third-order valence-electron chi connectivity index (χ3n) is 4.36. The van der Waals surface area contributed by atoms with Crippen LogP contribution in [-0.4, -0.2) is 33.3 Å². The molecule has 0 aliphatic rings. The van der Waals surface area contributed by atoms with Gasteiger partial charge in [-0.25, -0.2) is 13.8 Å². The molecule has 0 saturated carbocycles. The zero-order chi connectivity index (χ0) is 23.8. The number of nitrogens with one attached hydrogen (secondary N) is 1. The minimum atomic E-state index is -3.66. The third kappa shape index (κ3) is 7.88. The normalized spacial score (nSPS) is 11.4. The Labute approximate surface area is 206 Å².